The van der Waals surface area contributed by atoms with Crippen molar-refractivity contribution in [2.45, 2.75) is 23.8 Å². The number of piperazine rings is 1. The first-order valence-corrected chi connectivity index (χ1v) is 8.23. The minimum atomic E-state index is -3.55. The Bertz CT molecular complexity index is 706. The van der Waals surface area contributed by atoms with Crippen molar-refractivity contribution >= 4 is 21.6 Å². The number of carbonyl (C=O) groups is 1. The molecule has 2 aliphatic rings. The molecular weight excluding hydrogens is 290 g/mol. The third kappa shape index (κ3) is 2.41. The van der Waals surface area contributed by atoms with Crippen molar-refractivity contribution in [1.82, 2.24) is 9.21 Å². The molecule has 0 radical (unpaired) electrons. The molecule has 2 aliphatic heterocycles. The Morgan fingerprint density at radius 2 is 1.90 bits per heavy atom. The van der Waals surface area contributed by atoms with Crippen molar-refractivity contribution < 1.29 is 13.2 Å². The fourth-order valence-electron chi connectivity index (χ4n) is 2.90. The van der Waals surface area contributed by atoms with E-state index in [0.717, 1.165) is 6.42 Å². The Morgan fingerprint density at radius 1 is 1.19 bits per heavy atom. The largest absolute Gasteiger partial charge is 0.337 e. The van der Waals surface area contributed by atoms with Crippen molar-refractivity contribution in [1.29, 1.82) is 0 Å². The molecule has 3 rings (SSSR count). The maximum absolute atomic E-state index is 12.6. The van der Waals surface area contributed by atoms with E-state index in [0.29, 0.717) is 31.7 Å². The van der Waals surface area contributed by atoms with Gasteiger partial charge in [0.2, 0.25) is 15.9 Å². The first-order valence-electron chi connectivity index (χ1n) is 6.79. The van der Waals surface area contributed by atoms with Gasteiger partial charge < -0.3 is 4.90 Å². The maximum atomic E-state index is 12.6. The molecule has 0 N–H and O–H groups in total. The summed E-state index contributed by atoms with van der Waals surface area (Å²) in [4.78, 5) is 16.9. The summed E-state index contributed by atoms with van der Waals surface area (Å²) in [5, 5.41) is 0. The molecule has 1 atom stereocenters. The molecule has 110 valence electrons. The summed E-state index contributed by atoms with van der Waals surface area (Å²) in [5.41, 5.74) is 0.417. The average Bonchev–Trinajstić information content (AvgIpc) is 2.88. The van der Waals surface area contributed by atoms with Crippen LogP contribution in [0.2, 0.25) is 0 Å². The van der Waals surface area contributed by atoms with Crippen LogP contribution in [0.5, 0.6) is 0 Å². The molecular formula is C14H15N3O3S. The molecule has 6 nitrogen and oxygen atoms in total. The monoisotopic (exact) mass is 305 g/mol. The smallest absolute Gasteiger partial charge is 0.243 e. The molecule has 1 aromatic carbocycles. The molecule has 0 unspecified atom stereocenters. The summed E-state index contributed by atoms with van der Waals surface area (Å²) in [6, 6.07) is 5.96. The van der Waals surface area contributed by atoms with E-state index >= 15 is 0 Å². The standard InChI is InChI=1S/C14H15N3O3S/c1-15-11-2-5-13(6-3-11)21(19,20)16-8-9-17-12(10-16)4-7-14(17)18/h2-3,5-6,12H,4,7-10H2/t12-/m1/s1. The zero-order chi connectivity index (χ0) is 15.0. The van der Waals surface area contributed by atoms with Gasteiger partial charge >= 0.3 is 0 Å². The van der Waals surface area contributed by atoms with Gasteiger partial charge in [-0.05, 0) is 6.42 Å². The van der Waals surface area contributed by atoms with E-state index in [4.69, 9.17) is 6.57 Å². The molecule has 2 fully saturated rings. The lowest BCUT2D eigenvalue weighted by Gasteiger charge is -2.36. The lowest BCUT2D eigenvalue weighted by atomic mass is 10.2. The van der Waals surface area contributed by atoms with Gasteiger partial charge in [0.15, 0.2) is 5.69 Å². The Balaban J connectivity index is 1.82. The number of hydrogen-bond donors (Lipinski definition) is 0. The quantitative estimate of drug-likeness (QED) is 0.772. The van der Waals surface area contributed by atoms with E-state index in [1.165, 1.54) is 28.6 Å². The van der Waals surface area contributed by atoms with Crippen molar-refractivity contribution in [3.05, 3.63) is 35.7 Å². The molecule has 0 aromatic heterocycles. The van der Waals surface area contributed by atoms with Gasteiger partial charge in [-0.2, -0.15) is 4.31 Å². The molecule has 0 saturated carbocycles. The van der Waals surface area contributed by atoms with Crippen LogP contribution in [-0.4, -0.2) is 49.2 Å². The van der Waals surface area contributed by atoms with Gasteiger partial charge in [0, 0.05) is 32.1 Å². The minimum absolute atomic E-state index is 0.00328. The number of carbonyl (C=O) groups excluding carboxylic acids is 1. The van der Waals surface area contributed by atoms with Crippen LogP contribution in [0.25, 0.3) is 4.85 Å². The first kappa shape index (κ1) is 14.0. The van der Waals surface area contributed by atoms with Crippen molar-refractivity contribution in [3.63, 3.8) is 0 Å². The summed E-state index contributed by atoms with van der Waals surface area (Å²) < 4.78 is 26.6. The Hall–Kier alpha value is -1.91. The molecule has 2 saturated heterocycles. The Labute approximate surface area is 123 Å². The van der Waals surface area contributed by atoms with Crippen LogP contribution in [0.1, 0.15) is 12.8 Å². The highest BCUT2D eigenvalue weighted by molar-refractivity contribution is 7.89. The Kier molecular flexibility index (Phi) is 3.43. The third-order valence-electron chi connectivity index (χ3n) is 4.06. The lowest BCUT2D eigenvalue weighted by molar-refractivity contribution is -0.130. The molecule has 0 bridgehead atoms. The van der Waals surface area contributed by atoms with Crippen LogP contribution in [-0.2, 0) is 14.8 Å². The van der Waals surface area contributed by atoms with Crippen molar-refractivity contribution in [2.75, 3.05) is 19.6 Å². The fraction of sp³-hybridized carbons (Fsp3) is 0.429. The van der Waals surface area contributed by atoms with E-state index < -0.39 is 10.0 Å². The molecule has 21 heavy (non-hydrogen) atoms. The second kappa shape index (κ2) is 5.13. The van der Waals surface area contributed by atoms with Gasteiger partial charge in [-0.3, -0.25) is 4.79 Å². The summed E-state index contributed by atoms with van der Waals surface area (Å²) in [6.07, 6.45) is 1.24. The van der Waals surface area contributed by atoms with Gasteiger partial charge in [-0.15, -0.1) is 0 Å². The molecule has 1 aromatic rings. The van der Waals surface area contributed by atoms with E-state index in [1.54, 1.807) is 4.90 Å². The van der Waals surface area contributed by atoms with Crippen LogP contribution in [0.4, 0.5) is 5.69 Å². The second-order valence-electron chi connectivity index (χ2n) is 5.25. The Morgan fingerprint density at radius 3 is 2.57 bits per heavy atom. The lowest BCUT2D eigenvalue weighted by Crippen LogP contribution is -2.53. The maximum Gasteiger partial charge on any atom is 0.243 e. The van der Waals surface area contributed by atoms with Crippen LogP contribution >= 0.6 is 0 Å². The summed E-state index contributed by atoms with van der Waals surface area (Å²) >= 11 is 0. The second-order valence-corrected chi connectivity index (χ2v) is 7.19. The van der Waals surface area contributed by atoms with Crippen molar-refractivity contribution in [3.8, 4) is 0 Å². The SMILES string of the molecule is [C-]#[N+]c1ccc(S(=O)(=O)N2CCN3C(=O)CC[C@@H]3C2)cc1. The van der Waals surface area contributed by atoms with Gasteiger partial charge in [-0.1, -0.05) is 24.3 Å². The van der Waals surface area contributed by atoms with E-state index in [1.807, 2.05) is 0 Å². The number of amides is 1. The van der Waals surface area contributed by atoms with E-state index in [9.17, 15) is 13.2 Å². The van der Waals surface area contributed by atoms with Gasteiger partial charge in [-0.25, -0.2) is 13.3 Å². The highest BCUT2D eigenvalue weighted by atomic mass is 32.2. The number of benzene rings is 1. The van der Waals surface area contributed by atoms with Gasteiger partial charge in [0.05, 0.1) is 11.5 Å². The predicted molar refractivity (Wildman–Crippen MR) is 76.2 cm³/mol. The summed E-state index contributed by atoms with van der Waals surface area (Å²) in [5.74, 6) is 0.124. The predicted octanol–water partition coefficient (Wildman–Crippen LogP) is 1.23. The third-order valence-corrected chi connectivity index (χ3v) is 5.94. The van der Waals surface area contributed by atoms with Crippen LogP contribution in [0.15, 0.2) is 29.2 Å². The number of hydrogen-bond acceptors (Lipinski definition) is 3. The number of nitrogens with zero attached hydrogens (tertiary/aromatic N) is 3. The molecule has 0 aliphatic carbocycles. The zero-order valence-corrected chi connectivity index (χ0v) is 12.2. The molecule has 0 spiro atoms. The average molecular weight is 305 g/mol. The number of sulfonamides is 1. The van der Waals surface area contributed by atoms with E-state index in [2.05, 4.69) is 4.85 Å². The van der Waals surface area contributed by atoms with E-state index in [-0.39, 0.29) is 16.8 Å². The zero-order valence-electron chi connectivity index (χ0n) is 11.4. The number of fused-ring (bicyclic) bond motifs is 1. The van der Waals surface area contributed by atoms with Gasteiger partial charge in [0.25, 0.3) is 0 Å². The minimum Gasteiger partial charge on any atom is -0.337 e. The summed E-state index contributed by atoms with van der Waals surface area (Å²) in [7, 11) is -3.55. The fourth-order valence-corrected chi connectivity index (χ4v) is 4.36. The van der Waals surface area contributed by atoms with Crippen LogP contribution in [0.3, 0.4) is 0 Å². The van der Waals surface area contributed by atoms with Gasteiger partial charge in [0.1, 0.15) is 0 Å². The number of rotatable bonds is 2. The summed E-state index contributed by atoms with van der Waals surface area (Å²) in [6.45, 7) is 8.04. The molecule has 7 heteroatoms. The normalized spacial score (nSPS) is 22.9. The topological polar surface area (TPSA) is 62.1 Å². The highest BCUT2D eigenvalue weighted by Gasteiger charge is 2.39. The van der Waals surface area contributed by atoms with Crippen molar-refractivity contribution in [2.24, 2.45) is 0 Å². The highest BCUT2D eigenvalue weighted by Crippen LogP contribution is 2.27. The molecule has 1 amide bonds. The van der Waals surface area contributed by atoms with Crippen LogP contribution < -0.4 is 0 Å². The molecule has 2 heterocycles. The van der Waals surface area contributed by atoms with Crippen LogP contribution in [0, 0.1) is 6.57 Å². The first-order chi connectivity index (χ1) is 10.0.